The van der Waals surface area contributed by atoms with Crippen LogP contribution in [0.5, 0.6) is 5.75 Å². The van der Waals surface area contributed by atoms with Gasteiger partial charge in [-0.3, -0.25) is 4.72 Å². The molecule has 0 heterocycles. The zero-order chi connectivity index (χ0) is 14.9. The van der Waals surface area contributed by atoms with Crippen LogP contribution in [-0.2, 0) is 10.0 Å². The summed E-state index contributed by atoms with van der Waals surface area (Å²) in [6.07, 6.45) is 0. The Balaban J connectivity index is 2.43. The van der Waals surface area contributed by atoms with E-state index >= 15 is 0 Å². The van der Waals surface area contributed by atoms with Gasteiger partial charge in [-0.25, -0.2) is 8.42 Å². The number of phenols is 1. The third-order valence-corrected chi connectivity index (χ3v) is 5.54. The highest BCUT2D eigenvalue weighted by molar-refractivity contribution is 14.1. The number of phenolic OH excluding ortho intramolecular Hbond substituents is 1. The minimum Gasteiger partial charge on any atom is -0.505 e. The predicted molar refractivity (Wildman–Crippen MR) is 90.5 cm³/mol. The van der Waals surface area contributed by atoms with Crippen molar-refractivity contribution < 1.29 is 13.5 Å². The van der Waals surface area contributed by atoms with E-state index in [0.29, 0.717) is 8.04 Å². The first-order valence-corrected chi connectivity index (χ1v) is 8.93. The molecule has 0 aliphatic heterocycles. The molecule has 106 valence electrons. The molecule has 4 nitrogen and oxygen atoms in total. The van der Waals surface area contributed by atoms with Gasteiger partial charge in [0, 0.05) is 4.47 Å². The Kier molecular flexibility index (Phi) is 4.60. The smallest absolute Gasteiger partial charge is 0.262 e. The van der Waals surface area contributed by atoms with Gasteiger partial charge in [-0.1, -0.05) is 17.7 Å². The van der Waals surface area contributed by atoms with E-state index in [9.17, 15) is 13.5 Å². The van der Waals surface area contributed by atoms with Gasteiger partial charge >= 0.3 is 0 Å². The van der Waals surface area contributed by atoms with Crippen LogP contribution in [0, 0.1) is 10.5 Å². The van der Waals surface area contributed by atoms with Crippen LogP contribution in [0.2, 0.25) is 0 Å². The summed E-state index contributed by atoms with van der Waals surface area (Å²) in [4.78, 5) is 0.147. The Hall–Kier alpha value is -0.800. The first-order valence-electron chi connectivity index (χ1n) is 5.58. The van der Waals surface area contributed by atoms with E-state index in [0.717, 1.165) is 5.56 Å². The summed E-state index contributed by atoms with van der Waals surface area (Å²) in [5.41, 5.74) is 1.11. The van der Waals surface area contributed by atoms with E-state index in [-0.39, 0.29) is 16.3 Å². The molecule has 2 aromatic carbocycles. The van der Waals surface area contributed by atoms with Gasteiger partial charge in [0.15, 0.2) is 5.75 Å². The summed E-state index contributed by atoms with van der Waals surface area (Å²) in [5.74, 6) is -0.101. The van der Waals surface area contributed by atoms with Crippen LogP contribution in [0.4, 0.5) is 5.69 Å². The standard InChI is InChI=1S/C13H11BrINO3S/c1-8-2-4-9(5-3-8)20(18,19)16-12-10(14)6-7-11(15)13(12)17/h2-7,16-17H,1H3. The Morgan fingerprint density at radius 1 is 1.15 bits per heavy atom. The van der Waals surface area contributed by atoms with Gasteiger partial charge in [-0.15, -0.1) is 0 Å². The zero-order valence-electron chi connectivity index (χ0n) is 10.4. The molecule has 2 N–H and O–H groups in total. The van der Waals surface area contributed by atoms with E-state index in [1.165, 1.54) is 12.1 Å². The van der Waals surface area contributed by atoms with Crippen LogP contribution in [0.15, 0.2) is 45.8 Å². The SMILES string of the molecule is Cc1ccc(S(=O)(=O)Nc2c(Br)ccc(I)c2O)cc1. The summed E-state index contributed by atoms with van der Waals surface area (Å²) in [6, 6.07) is 9.85. The van der Waals surface area contributed by atoms with Crippen LogP contribution in [0.25, 0.3) is 0 Å². The predicted octanol–water partition coefficient (Wildman–Crippen LogP) is 3.87. The van der Waals surface area contributed by atoms with Gasteiger partial charge in [0.2, 0.25) is 0 Å². The summed E-state index contributed by atoms with van der Waals surface area (Å²) >= 11 is 5.16. The van der Waals surface area contributed by atoms with Crippen LogP contribution in [0.3, 0.4) is 0 Å². The lowest BCUT2D eigenvalue weighted by Gasteiger charge is -2.12. The highest BCUT2D eigenvalue weighted by Crippen LogP contribution is 2.37. The van der Waals surface area contributed by atoms with Crippen molar-refractivity contribution >= 4 is 54.2 Å². The maximum absolute atomic E-state index is 12.3. The number of halogens is 2. The third-order valence-electron chi connectivity index (χ3n) is 2.65. The Labute approximate surface area is 139 Å². The summed E-state index contributed by atoms with van der Waals surface area (Å²) in [7, 11) is -3.74. The second kappa shape index (κ2) is 5.90. The number of anilines is 1. The normalized spacial score (nSPS) is 11.3. The number of aryl methyl sites for hydroxylation is 1. The number of rotatable bonds is 3. The number of hydrogen-bond donors (Lipinski definition) is 2. The Morgan fingerprint density at radius 2 is 1.75 bits per heavy atom. The first kappa shape index (κ1) is 15.6. The van der Waals surface area contributed by atoms with Crippen LogP contribution >= 0.6 is 38.5 Å². The molecule has 0 spiro atoms. The monoisotopic (exact) mass is 467 g/mol. The minimum atomic E-state index is -3.74. The van der Waals surface area contributed by atoms with Crippen LogP contribution in [0.1, 0.15) is 5.56 Å². The highest BCUT2D eigenvalue weighted by Gasteiger charge is 2.19. The fourth-order valence-electron chi connectivity index (χ4n) is 1.55. The van der Waals surface area contributed by atoms with Crippen molar-refractivity contribution in [1.29, 1.82) is 0 Å². The molecule has 0 aromatic heterocycles. The molecule has 0 saturated heterocycles. The summed E-state index contributed by atoms with van der Waals surface area (Å²) < 4.78 is 28.0. The van der Waals surface area contributed by atoms with E-state index in [1.54, 1.807) is 24.3 Å². The highest BCUT2D eigenvalue weighted by atomic mass is 127. The first-order chi connectivity index (χ1) is 9.31. The lowest BCUT2D eigenvalue weighted by molar-refractivity contribution is 0.473. The molecule has 0 fully saturated rings. The average Bonchev–Trinajstić information content (AvgIpc) is 2.40. The second-order valence-corrected chi connectivity index (χ2v) is 7.87. The second-order valence-electron chi connectivity index (χ2n) is 4.17. The van der Waals surface area contributed by atoms with Crippen molar-refractivity contribution in [1.82, 2.24) is 0 Å². The van der Waals surface area contributed by atoms with Gasteiger partial charge < -0.3 is 5.11 Å². The van der Waals surface area contributed by atoms with Crippen molar-refractivity contribution in [2.24, 2.45) is 0 Å². The van der Waals surface area contributed by atoms with Crippen molar-refractivity contribution in [3.63, 3.8) is 0 Å². The molecule has 0 amide bonds. The number of sulfonamides is 1. The molecule has 0 radical (unpaired) electrons. The van der Waals surface area contributed by atoms with Gasteiger partial charge in [0.1, 0.15) is 5.69 Å². The van der Waals surface area contributed by atoms with E-state index in [2.05, 4.69) is 20.7 Å². The molecule has 0 bridgehead atoms. The number of benzene rings is 2. The van der Waals surface area contributed by atoms with Crippen molar-refractivity contribution in [2.75, 3.05) is 4.72 Å². The molecular weight excluding hydrogens is 457 g/mol. The van der Waals surface area contributed by atoms with Crippen molar-refractivity contribution in [3.05, 3.63) is 50.0 Å². The summed E-state index contributed by atoms with van der Waals surface area (Å²) in [6.45, 7) is 1.88. The molecule has 0 saturated carbocycles. The number of nitrogens with one attached hydrogen (secondary N) is 1. The average molecular weight is 468 g/mol. The molecule has 7 heteroatoms. The van der Waals surface area contributed by atoms with E-state index < -0.39 is 10.0 Å². The summed E-state index contributed by atoms with van der Waals surface area (Å²) in [5, 5.41) is 9.97. The third kappa shape index (κ3) is 3.26. The zero-order valence-corrected chi connectivity index (χ0v) is 15.0. The lowest BCUT2D eigenvalue weighted by Crippen LogP contribution is -2.13. The quantitative estimate of drug-likeness (QED) is 0.532. The minimum absolute atomic E-state index is 0.101. The molecule has 2 rings (SSSR count). The molecular formula is C13H11BrINO3S. The molecule has 20 heavy (non-hydrogen) atoms. The Bertz CT molecular complexity index is 745. The fraction of sp³-hybridized carbons (Fsp3) is 0.0769. The molecule has 2 aromatic rings. The number of aromatic hydroxyl groups is 1. The number of hydrogen-bond acceptors (Lipinski definition) is 3. The fourth-order valence-corrected chi connectivity index (χ4v) is 3.64. The van der Waals surface area contributed by atoms with E-state index in [4.69, 9.17) is 0 Å². The lowest BCUT2D eigenvalue weighted by atomic mass is 10.2. The Morgan fingerprint density at radius 3 is 2.35 bits per heavy atom. The molecule has 0 aliphatic rings. The van der Waals surface area contributed by atoms with Gasteiger partial charge in [0.25, 0.3) is 10.0 Å². The van der Waals surface area contributed by atoms with Gasteiger partial charge in [-0.05, 0) is 69.7 Å². The molecule has 0 unspecified atom stereocenters. The van der Waals surface area contributed by atoms with Crippen LogP contribution in [-0.4, -0.2) is 13.5 Å². The maximum atomic E-state index is 12.3. The molecule has 0 aliphatic carbocycles. The van der Waals surface area contributed by atoms with Crippen molar-refractivity contribution in [2.45, 2.75) is 11.8 Å². The van der Waals surface area contributed by atoms with Gasteiger partial charge in [-0.2, -0.15) is 0 Å². The topological polar surface area (TPSA) is 66.4 Å². The van der Waals surface area contributed by atoms with Crippen molar-refractivity contribution in [3.8, 4) is 5.75 Å². The maximum Gasteiger partial charge on any atom is 0.262 e. The van der Waals surface area contributed by atoms with Gasteiger partial charge in [0.05, 0.1) is 8.47 Å². The van der Waals surface area contributed by atoms with E-state index in [1.807, 2.05) is 29.5 Å². The van der Waals surface area contributed by atoms with Crippen LogP contribution < -0.4 is 4.72 Å². The molecule has 0 atom stereocenters. The largest absolute Gasteiger partial charge is 0.505 e.